The molecular formula is C21H21N3O3. The van der Waals surface area contributed by atoms with E-state index >= 15 is 0 Å². The lowest BCUT2D eigenvalue weighted by atomic mass is 9.97. The minimum absolute atomic E-state index is 0.173. The molecule has 0 aliphatic carbocycles. The molecule has 2 N–H and O–H groups in total. The number of rotatable bonds is 3. The number of hydrogen-bond acceptors (Lipinski definition) is 4. The molecule has 2 aromatic heterocycles. The fourth-order valence-corrected chi connectivity index (χ4v) is 2.88. The number of benzene rings is 2. The van der Waals surface area contributed by atoms with Crippen LogP contribution in [-0.2, 0) is 5.41 Å². The van der Waals surface area contributed by atoms with E-state index in [0.717, 1.165) is 22.2 Å². The number of nitrogens with zero attached hydrogens (tertiary/aromatic N) is 1. The number of nitrogens with one attached hydrogen (secondary N) is 2. The van der Waals surface area contributed by atoms with Gasteiger partial charge in [0.1, 0.15) is 17.0 Å². The smallest absolute Gasteiger partial charge is 0.272 e. The Balaban J connectivity index is 1.60. The monoisotopic (exact) mass is 363 g/mol. The van der Waals surface area contributed by atoms with E-state index in [9.17, 15) is 4.79 Å². The Morgan fingerprint density at radius 2 is 1.96 bits per heavy atom. The Bertz CT molecular complexity index is 1150. The molecule has 138 valence electrons. The summed E-state index contributed by atoms with van der Waals surface area (Å²) in [6.45, 7) is 6.14. The van der Waals surface area contributed by atoms with Gasteiger partial charge in [0.05, 0.1) is 7.11 Å². The number of oxazole rings is 1. The van der Waals surface area contributed by atoms with Crippen LogP contribution in [-0.4, -0.2) is 23.0 Å². The molecule has 0 saturated heterocycles. The molecule has 6 nitrogen and oxygen atoms in total. The second kappa shape index (κ2) is 6.16. The Hall–Kier alpha value is -3.28. The standard InChI is InChI=1S/C21H21N3O3/c1-21(2,3)20-24-16-10-13(6-8-18(16)27-20)22-19(25)17-9-12-5-7-14(26-4)11-15(12)23-17/h5-11,23H,1-4H3,(H,22,25). The van der Waals surface area contributed by atoms with Gasteiger partial charge in [0.15, 0.2) is 5.58 Å². The SMILES string of the molecule is COc1ccc2cc(C(=O)Nc3ccc4oc(C(C)(C)C)nc4c3)[nH]c2c1. The number of anilines is 1. The number of methoxy groups -OCH3 is 1. The maximum absolute atomic E-state index is 12.6. The predicted molar refractivity (Wildman–Crippen MR) is 106 cm³/mol. The van der Waals surface area contributed by atoms with E-state index < -0.39 is 0 Å². The van der Waals surface area contributed by atoms with Crippen molar-refractivity contribution in [3.05, 3.63) is 54.0 Å². The van der Waals surface area contributed by atoms with Gasteiger partial charge < -0.3 is 19.5 Å². The highest BCUT2D eigenvalue weighted by molar-refractivity contribution is 6.06. The summed E-state index contributed by atoms with van der Waals surface area (Å²) in [6, 6.07) is 12.9. The van der Waals surface area contributed by atoms with Gasteiger partial charge in [-0.1, -0.05) is 20.8 Å². The highest BCUT2D eigenvalue weighted by atomic mass is 16.5. The Labute approximate surface area is 156 Å². The van der Waals surface area contributed by atoms with E-state index in [1.807, 2.05) is 63.2 Å². The molecule has 2 aromatic carbocycles. The number of H-pyrrole nitrogens is 1. The first kappa shape index (κ1) is 17.1. The van der Waals surface area contributed by atoms with Gasteiger partial charge in [-0.2, -0.15) is 0 Å². The molecule has 0 aliphatic heterocycles. The third-order valence-corrected chi connectivity index (χ3v) is 4.36. The van der Waals surface area contributed by atoms with Gasteiger partial charge in [-0.15, -0.1) is 0 Å². The van der Waals surface area contributed by atoms with E-state index in [1.54, 1.807) is 7.11 Å². The third kappa shape index (κ3) is 3.26. The van der Waals surface area contributed by atoms with E-state index in [2.05, 4.69) is 15.3 Å². The molecule has 0 bridgehead atoms. The van der Waals surface area contributed by atoms with Gasteiger partial charge in [0.2, 0.25) is 5.89 Å². The Morgan fingerprint density at radius 1 is 1.15 bits per heavy atom. The minimum atomic E-state index is -0.218. The van der Waals surface area contributed by atoms with Gasteiger partial charge in [0.25, 0.3) is 5.91 Å². The van der Waals surface area contributed by atoms with Crippen molar-refractivity contribution >= 4 is 33.6 Å². The molecule has 0 saturated carbocycles. The summed E-state index contributed by atoms with van der Waals surface area (Å²) in [5.41, 5.74) is 3.25. The molecule has 0 fully saturated rings. The molecule has 6 heteroatoms. The zero-order valence-electron chi connectivity index (χ0n) is 15.7. The topological polar surface area (TPSA) is 80.2 Å². The van der Waals surface area contributed by atoms with Crippen molar-refractivity contribution in [2.45, 2.75) is 26.2 Å². The molecule has 4 aromatic rings. The summed E-state index contributed by atoms with van der Waals surface area (Å²) < 4.78 is 11.0. The van der Waals surface area contributed by atoms with Crippen molar-refractivity contribution in [3.63, 3.8) is 0 Å². The molecule has 2 heterocycles. The summed E-state index contributed by atoms with van der Waals surface area (Å²) in [5, 5.41) is 3.85. The van der Waals surface area contributed by atoms with Gasteiger partial charge in [-0.05, 0) is 36.4 Å². The number of carbonyl (C=O) groups is 1. The van der Waals surface area contributed by atoms with E-state index in [1.165, 1.54) is 0 Å². The van der Waals surface area contributed by atoms with Crippen LogP contribution in [0.25, 0.3) is 22.0 Å². The van der Waals surface area contributed by atoms with Gasteiger partial charge in [0, 0.05) is 28.1 Å². The largest absolute Gasteiger partial charge is 0.497 e. The molecule has 0 atom stereocenters. The molecule has 0 spiro atoms. The maximum Gasteiger partial charge on any atom is 0.272 e. The fraction of sp³-hybridized carbons (Fsp3) is 0.238. The number of carbonyl (C=O) groups excluding carboxylic acids is 1. The van der Waals surface area contributed by atoms with Crippen LogP contribution < -0.4 is 10.1 Å². The van der Waals surface area contributed by atoms with Crippen LogP contribution in [0.4, 0.5) is 5.69 Å². The van der Waals surface area contributed by atoms with Crippen LogP contribution in [0.15, 0.2) is 46.9 Å². The number of fused-ring (bicyclic) bond motifs is 2. The average molecular weight is 363 g/mol. The van der Waals surface area contributed by atoms with Crippen molar-refractivity contribution < 1.29 is 13.9 Å². The Kier molecular flexibility index (Phi) is 3.91. The lowest BCUT2D eigenvalue weighted by Crippen LogP contribution is -2.12. The quantitative estimate of drug-likeness (QED) is 0.544. The van der Waals surface area contributed by atoms with Crippen molar-refractivity contribution in [1.29, 1.82) is 0 Å². The minimum Gasteiger partial charge on any atom is -0.497 e. The molecule has 0 aliphatic rings. The summed E-state index contributed by atoms with van der Waals surface area (Å²) in [4.78, 5) is 20.3. The number of hydrogen-bond donors (Lipinski definition) is 2. The lowest BCUT2D eigenvalue weighted by Gasteiger charge is -2.11. The van der Waals surface area contributed by atoms with Crippen molar-refractivity contribution in [2.24, 2.45) is 0 Å². The van der Waals surface area contributed by atoms with Gasteiger partial charge in [-0.3, -0.25) is 4.79 Å². The molecule has 4 rings (SSSR count). The van der Waals surface area contributed by atoms with Crippen LogP contribution in [0.2, 0.25) is 0 Å². The van der Waals surface area contributed by atoms with Crippen LogP contribution in [0, 0.1) is 0 Å². The number of aromatic amines is 1. The zero-order chi connectivity index (χ0) is 19.2. The van der Waals surface area contributed by atoms with Crippen LogP contribution in [0.1, 0.15) is 37.2 Å². The zero-order valence-corrected chi connectivity index (χ0v) is 15.7. The van der Waals surface area contributed by atoms with Crippen LogP contribution in [0.3, 0.4) is 0 Å². The van der Waals surface area contributed by atoms with Gasteiger partial charge >= 0.3 is 0 Å². The van der Waals surface area contributed by atoms with Crippen molar-refractivity contribution in [2.75, 3.05) is 12.4 Å². The highest BCUT2D eigenvalue weighted by Gasteiger charge is 2.21. The van der Waals surface area contributed by atoms with E-state index in [0.29, 0.717) is 22.9 Å². The van der Waals surface area contributed by atoms with Crippen LogP contribution >= 0.6 is 0 Å². The van der Waals surface area contributed by atoms with Crippen molar-refractivity contribution in [1.82, 2.24) is 9.97 Å². The first-order chi connectivity index (χ1) is 12.8. The second-order valence-corrected chi connectivity index (χ2v) is 7.54. The highest BCUT2D eigenvalue weighted by Crippen LogP contribution is 2.28. The molecular weight excluding hydrogens is 342 g/mol. The second-order valence-electron chi connectivity index (χ2n) is 7.54. The third-order valence-electron chi connectivity index (χ3n) is 4.36. The normalized spacial score (nSPS) is 11.9. The first-order valence-electron chi connectivity index (χ1n) is 8.73. The summed E-state index contributed by atoms with van der Waals surface area (Å²) in [7, 11) is 1.61. The first-order valence-corrected chi connectivity index (χ1v) is 8.73. The molecule has 0 radical (unpaired) electrons. The van der Waals surface area contributed by atoms with E-state index in [-0.39, 0.29) is 11.3 Å². The maximum atomic E-state index is 12.6. The molecule has 1 amide bonds. The lowest BCUT2D eigenvalue weighted by molar-refractivity contribution is 0.102. The van der Waals surface area contributed by atoms with Crippen molar-refractivity contribution in [3.8, 4) is 5.75 Å². The van der Waals surface area contributed by atoms with E-state index in [4.69, 9.17) is 9.15 Å². The number of amides is 1. The summed E-state index contributed by atoms with van der Waals surface area (Å²) >= 11 is 0. The van der Waals surface area contributed by atoms with Gasteiger partial charge in [-0.25, -0.2) is 4.98 Å². The molecule has 27 heavy (non-hydrogen) atoms. The predicted octanol–water partition coefficient (Wildman–Crippen LogP) is 4.87. The average Bonchev–Trinajstić information content (AvgIpc) is 3.24. The Morgan fingerprint density at radius 3 is 2.70 bits per heavy atom. The van der Waals surface area contributed by atoms with Crippen LogP contribution in [0.5, 0.6) is 5.75 Å². The number of ether oxygens (including phenoxy) is 1. The molecule has 0 unspecified atom stereocenters. The number of aromatic nitrogens is 2. The summed E-state index contributed by atoms with van der Waals surface area (Å²) in [6.07, 6.45) is 0. The summed E-state index contributed by atoms with van der Waals surface area (Å²) in [5.74, 6) is 1.19. The fourth-order valence-electron chi connectivity index (χ4n) is 2.88.